The van der Waals surface area contributed by atoms with Crippen LogP contribution >= 0.6 is 11.3 Å². The number of amides is 1. The van der Waals surface area contributed by atoms with Crippen LogP contribution in [0, 0.1) is 34.5 Å². The minimum absolute atomic E-state index is 0.243. The highest BCUT2D eigenvalue weighted by atomic mass is 32.1. The predicted molar refractivity (Wildman–Crippen MR) is 110 cm³/mol. The molecule has 1 aromatic rings. The third-order valence-corrected chi connectivity index (χ3v) is 8.22. The smallest absolute Gasteiger partial charge is 0.307 e. The lowest BCUT2D eigenvalue weighted by molar-refractivity contribution is -0.147. The number of nitrogens with zero attached hydrogens (tertiary/aromatic N) is 1. The first-order valence-corrected chi connectivity index (χ1v) is 11.2. The number of hydrogen-bond donors (Lipinski definition) is 2. The Morgan fingerprint density at radius 2 is 1.93 bits per heavy atom. The molecule has 0 unspecified atom stereocenters. The van der Waals surface area contributed by atoms with Gasteiger partial charge < -0.3 is 10.4 Å². The maximum Gasteiger partial charge on any atom is 0.307 e. The van der Waals surface area contributed by atoms with Crippen LogP contribution in [0.2, 0.25) is 0 Å². The van der Waals surface area contributed by atoms with Gasteiger partial charge in [0, 0.05) is 4.88 Å². The number of carboxylic acid groups (broad SMARTS) is 1. The number of anilines is 1. The van der Waals surface area contributed by atoms with Gasteiger partial charge in [0.05, 0.1) is 17.4 Å². The molecule has 0 saturated heterocycles. The molecule has 1 aromatic heterocycles. The fourth-order valence-corrected chi connectivity index (χ4v) is 5.97. The molecule has 0 spiro atoms. The Labute approximate surface area is 171 Å². The van der Waals surface area contributed by atoms with Gasteiger partial charge in [-0.1, -0.05) is 40.0 Å². The minimum Gasteiger partial charge on any atom is -0.481 e. The molecule has 152 valence electrons. The first-order valence-electron chi connectivity index (χ1n) is 10.4. The maximum absolute atomic E-state index is 12.9. The highest BCUT2D eigenvalue weighted by Crippen LogP contribution is 2.45. The van der Waals surface area contributed by atoms with Crippen molar-refractivity contribution >= 4 is 28.2 Å². The minimum atomic E-state index is -0.893. The standard InChI is InChI=1S/C22H30N2O3S/c1-4-22(2,3)13-9-10-14-17(12-23)20(28-18(14)11-13)24-19(25)15-7-5-6-8-16(15)21(26)27/h13,15-16H,4-11H2,1-3H3,(H,24,25)(H,26,27)/t13-,15+,16-/m1/s1. The molecule has 0 radical (unpaired) electrons. The molecular weight excluding hydrogens is 372 g/mol. The Bertz CT molecular complexity index is 805. The number of fused-ring (bicyclic) bond motifs is 1. The molecule has 2 aliphatic carbocycles. The van der Waals surface area contributed by atoms with E-state index < -0.39 is 17.8 Å². The zero-order chi connectivity index (χ0) is 20.5. The first kappa shape index (κ1) is 20.9. The number of hydrogen-bond acceptors (Lipinski definition) is 4. The molecular formula is C22H30N2O3S. The summed E-state index contributed by atoms with van der Waals surface area (Å²) in [7, 11) is 0. The SMILES string of the molecule is CCC(C)(C)[C@@H]1CCc2c(sc(NC(=O)[C@H]3CCCC[C@H]3C(=O)O)c2C#N)C1. The third kappa shape index (κ3) is 3.96. The fraction of sp³-hybridized carbons (Fsp3) is 0.682. The summed E-state index contributed by atoms with van der Waals surface area (Å²) in [6.07, 6.45) is 6.89. The van der Waals surface area contributed by atoms with Crippen molar-refractivity contribution < 1.29 is 14.7 Å². The zero-order valence-electron chi connectivity index (χ0n) is 17.0. The lowest BCUT2D eigenvalue weighted by Crippen LogP contribution is -2.36. The summed E-state index contributed by atoms with van der Waals surface area (Å²) >= 11 is 1.52. The van der Waals surface area contributed by atoms with Gasteiger partial charge in [0.1, 0.15) is 11.1 Å². The van der Waals surface area contributed by atoms with Gasteiger partial charge in [-0.15, -0.1) is 11.3 Å². The second-order valence-electron chi connectivity index (χ2n) is 8.93. The van der Waals surface area contributed by atoms with Gasteiger partial charge in [-0.3, -0.25) is 9.59 Å². The summed E-state index contributed by atoms with van der Waals surface area (Å²) in [5, 5.41) is 22.7. The van der Waals surface area contributed by atoms with Gasteiger partial charge in [-0.25, -0.2) is 0 Å². The number of carbonyl (C=O) groups is 2. The average molecular weight is 403 g/mol. The van der Waals surface area contributed by atoms with Gasteiger partial charge in [0.2, 0.25) is 5.91 Å². The van der Waals surface area contributed by atoms with E-state index in [-0.39, 0.29) is 11.3 Å². The van der Waals surface area contributed by atoms with Crippen molar-refractivity contribution in [1.82, 2.24) is 0 Å². The van der Waals surface area contributed by atoms with Crippen LogP contribution in [-0.2, 0) is 22.4 Å². The van der Waals surface area contributed by atoms with Crippen molar-refractivity contribution in [2.24, 2.45) is 23.2 Å². The molecule has 1 fully saturated rings. The van der Waals surface area contributed by atoms with Crippen LogP contribution < -0.4 is 5.32 Å². The van der Waals surface area contributed by atoms with E-state index in [9.17, 15) is 20.0 Å². The van der Waals surface area contributed by atoms with Crippen molar-refractivity contribution in [2.45, 2.75) is 72.1 Å². The molecule has 0 bridgehead atoms. The summed E-state index contributed by atoms with van der Waals surface area (Å²) in [5.74, 6) is -1.69. The summed E-state index contributed by atoms with van der Waals surface area (Å²) in [5.41, 5.74) is 1.93. The number of thiophene rings is 1. The van der Waals surface area contributed by atoms with Gasteiger partial charge in [0.15, 0.2) is 0 Å². The van der Waals surface area contributed by atoms with E-state index in [0.717, 1.165) is 44.1 Å². The second-order valence-corrected chi connectivity index (χ2v) is 10.0. The van der Waals surface area contributed by atoms with Crippen LogP contribution in [0.4, 0.5) is 5.00 Å². The van der Waals surface area contributed by atoms with E-state index in [4.69, 9.17) is 0 Å². The van der Waals surface area contributed by atoms with Crippen molar-refractivity contribution in [1.29, 1.82) is 5.26 Å². The molecule has 1 saturated carbocycles. The Hall–Kier alpha value is -1.87. The number of carbonyl (C=O) groups excluding carboxylic acids is 1. The van der Waals surface area contributed by atoms with Gasteiger partial charge in [-0.2, -0.15) is 5.26 Å². The number of nitriles is 1. The van der Waals surface area contributed by atoms with E-state index in [0.29, 0.717) is 29.3 Å². The van der Waals surface area contributed by atoms with Crippen LogP contribution in [0.3, 0.4) is 0 Å². The summed E-state index contributed by atoms with van der Waals surface area (Å²) in [6.45, 7) is 6.83. The largest absolute Gasteiger partial charge is 0.481 e. The van der Waals surface area contributed by atoms with Crippen molar-refractivity contribution in [2.75, 3.05) is 5.32 Å². The van der Waals surface area contributed by atoms with Crippen LogP contribution in [-0.4, -0.2) is 17.0 Å². The molecule has 3 atom stereocenters. The van der Waals surface area contributed by atoms with Crippen molar-refractivity contribution in [3.63, 3.8) is 0 Å². The molecule has 2 aliphatic rings. The quantitative estimate of drug-likeness (QED) is 0.726. The van der Waals surface area contributed by atoms with E-state index in [1.165, 1.54) is 16.2 Å². The van der Waals surface area contributed by atoms with E-state index >= 15 is 0 Å². The number of nitrogens with one attached hydrogen (secondary N) is 1. The summed E-state index contributed by atoms with van der Waals surface area (Å²) in [4.78, 5) is 25.6. The lowest BCUT2D eigenvalue weighted by Gasteiger charge is -2.36. The van der Waals surface area contributed by atoms with Crippen LogP contribution in [0.5, 0.6) is 0 Å². The van der Waals surface area contributed by atoms with Crippen molar-refractivity contribution in [3.05, 3.63) is 16.0 Å². The highest BCUT2D eigenvalue weighted by molar-refractivity contribution is 7.16. The van der Waals surface area contributed by atoms with Crippen LogP contribution in [0.15, 0.2) is 0 Å². The topological polar surface area (TPSA) is 90.2 Å². The number of aliphatic carboxylic acids is 1. The molecule has 3 rings (SSSR count). The number of rotatable bonds is 5. The van der Waals surface area contributed by atoms with E-state index in [1.54, 1.807) is 0 Å². The molecule has 2 N–H and O–H groups in total. The predicted octanol–water partition coefficient (Wildman–Crippen LogP) is 4.99. The first-order chi connectivity index (χ1) is 13.3. The molecule has 28 heavy (non-hydrogen) atoms. The van der Waals surface area contributed by atoms with E-state index in [2.05, 4.69) is 32.2 Å². The Morgan fingerprint density at radius 1 is 1.25 bits per heavy atom. The van der Waals surface area contributed by atoms with Crippen molar-refractivity contribution in [3.8, 4) is 6.07 Å². The highest BCUT2D eigenvalue weighted by Gasteiger charge is 2.37. The average Bonchev–Trinajstić information content (AvgIpc) is 3.03. The molecule has 1 heterocycles. The normalized spacial score (nSPS) is 24.9. The summed E-state index contributed by atoms with van der Waals surface area (Å²) < 4.78 is 0. The molecule has 0 aliphatic heterocycles. The Morgan fingerprint density at radius 3 is 2.54 bits per heavy atom. The monoisotopic (exact) mass is 402 g/mol. The number of carboxylic acids is 1. The van der Waals surface area contributed by atoms with Gasteiger partial charge in [-0.05, 0) is 49.0 Å². The van der Waals surface area contributed by atoms with Crippen LogP contribution in [0.25, 0.3) is 0 Å². The lowest BCUT2D eigenvalue weighted by atomic mass is 9.69. The molecule has 0 aromatic carbocycles. The van der Waals surface area contributed by atoms with E-state index in [1.807, 2.05) is 0 Å². The molecule has 1 amide bonds. The Kier molecular flexibility index (Phi) is 6.14. The molecule has 5 nitrogen and oxygen atoms in total. The fourth-order valence-electron chi connectivity index (χ4n) is 4.69. The van der Waals surface area contributed by atoms with Gasteiger partial charge in [0.25, 0.3) is 0 Å². The van der Waals surface area contributed by atoms with Gasteiger partial charge >= 0.3 is 5.97 Å². The Balaban J connectivity index is 1.81. The van der Waals surface area contributed by atoms with Crippen LogP contribution in [0.1, 0.15) is 75.3 Å². The maximum atomic E-state index is 12.9. The molecule has 6 heteroatoms. The third-order valence-electron chi connectivity index (χ3n) is 7.05. The second kappa shape index (κ2) is 8.24. The summed E-state index contributed by atoms with van der Waals surface area (Å²) in [6, 6.07) is 2.29. The zero-order valence-corrected chi connectivity index (χ0v) is 17.8.